The number of rotatable bonds is 3. The largest absolute Gasteiger partial charge is 0.368 e. The number of nitrogens with one attached hydrogen (secondary N) is 1. The lowest BCUT2D eigenvalue weighted by atomic mass is 10.8. The van der Waals surface area contributed by atoms with Gasteiger partial charge >= 0.3 is 0 Å². The number of guanidine groups is 1. The Kier molecular flexibility index (Phi) is 4.87. The van der Waals surface area contributed by atoms with Crippen molar-refractivity contribution in [1.29, 1.82) is 0 Å². The second kappa shape index (κ2) is 5.19. The van der Waals surface area contributed by atoms with Crippen LogP contribution >= 0.6 is 0 Å². The van der Waals surface area contributed by atoms with Gasteiger partial charge in [0.1, 0.15) is 0 Å². The molecule has 1 unspecified atom stereocenters. The predicted octanol–water partition coefficient (Wildman–Crippen LogP) is -1.34. The lowest BCUT2D eigenvalue weighted by molar-refractivity contribution is 0.232. The van der Waals surface area contributed by atoms with E-state index in [2.05, 4.69) is 4.99 Å². The van der Waals surface area contributed by atoms with Crippen molar-refractivity contribution >= 4 is 16.8 Å². The highest BCUT2D eigenvalue weighted by Crippen LogP contribution is 1.75. The molecule has 10 heavy (non-hydrogen) atoms. The second-order valence-corrected chi connectivity index (χ2v) is 3.21. The van der Waals surface area contributed by atoms with E-state index in [0.717, 1.165) is 0 Å². The van der Waals surface area contributed by atoms with E-state index >= 15 is 0 Å². The van der Waals surface area contributed by atoms with Crippen molar-refractivity contribution in [2.24, 2.45) is 10.7 Å². The minimum atomic E-state index is -0.856. The molecule has 0 heterocycles. The van der Waals surface area contributed by atoms with Gasteiger partial charge in [-0.2, -0.15) is 0 Å². The van der Waals surface area contributed by atoms with Gasteiger partial charge in [0.25, 0.3) is 0 Å². The van der Waals surface area contributed by atoms with Gasteiger partial charge in [0.2, 0.25) is 5.96 Å². The van der Waals surface area contributed by atoms with Crippen LogP contribution in [0.4, 0.5) is 0 Å². The van der Waals surface area contributed by atoms with E-state index in [0.29, 0.717) is 12.3 Å². The molecule has 0 bridgehead atoms. The van der Waals surface area contributed by atoms with Crippen LogP contribution in [0.5, 0.6) is 0 Å². The normalized spacial score (nSPS) is 14.8. The third-order valence-electron chi connectivity index (χ3n) is 0.775. The minimum absolute atomic E-state index is 0.0505. The fourth-order valence-corrected chi connectivity index (χ4v) is 0.678. The number of hydrogen-bond donors (Lipinski definition) is 3. The molecule has 0 aliphatic heterocycles. The van der Waals surface area contributed by atoms with E-state index in [4.69, 9.17) is 10.9 Å². The Hall–Kier alpha value is -0.620. The highest BCUT2D eigenvalue weighted by atomic mass is 32.2. The summed E-state index contributed by atoms with van der Waals surface area (Å²) in [4.78, 5) is 3.62. The van der Waals surface area contributed by atoms with Gasteiger partial charge in [-0.15, -0.1) is 0 Å². The highest BCUT2D eigenvalue weighted by molar-refractivity contribution is 7.84. The van der Waals surface area contributed by atoms with Crippen LogP contribution in [0, 0.1) is 0 Å². The summed E-state index contributed by atoms with van der Waals surface area (Å²) < 4.78 is 10.4. The Morgan fingerprint density at radius 2 is 2.50 bits per heavy atom. The minimum Gasteiger partial charge on any atom is -0.368 e. The Morgan fingerprint density at radius 1 is 1.90 bits per heavy atom. The molecule has 60 valence electrons. The molecule has 0 aromatic rings. The van der Waals surface area contributed by atoms with Gasteiger partial charge in [-0.3, -0.25) is 14.4 Å². The fraction of sp³-hybridized carbons (Fsp3) is 0.750. The summed E-state index contributed by atoms with van der Waals surface area (Å²) in [5.41, 5.74) is 6.72. The molecule has 0 spiro atoms. The number of nitrogens with two attached hydrogens (primary N) is 1. The first-order chi connectivity index (χ1) is 4.66. The van der Waals surface area contributed by atoms with Crippen molar-refractivity contribution in [3.05, 3.63) is 0 Å². The highest BCUT2D eigenvalue weighted by Gasteiger charge is 1.89. The SMILES string of the molecule is CS(=O)CCN=C(N)NO. The lowest BCUT2D eigenvalue weighted by Crippen LogP contribution is -2.28. The summed E-state index contributed by atoms with van der Waals surface area (Å²) >= 11 is 0. The van der Waals surface area contributed by atoms with Gasteiger partial charge in [0.05, 0.1) is 6.54 Å². The molecule has 0 radical (unpaired) electrons. The van der Waals surface area contributed by atoms with Crippen molar-refractivity contribution in [3.8, 4) is 0 Å². The molecule has 0 rings (SSSR count). The Bertz CT molecular complexity index is 147. The zero-order valence-corrected chi connectivity index (χ0v) is 6.52. The average molecular weight is 165 g/mol. The first kappa shape index (κ1) is 9.38. The number of aliphatic imine (C=N–C) groups is 1. The van der Waals surface area contributed by atoms with Gasteiger partial charge in [-0.1, -0.05) is 0 Å². The first-order valence-corrected chi connectivity index (χ1v) is 4.39. The van der Waals surface area contributed by atoms with Crippen molar-refractivity contribution in [2.75, 3.05) is 18.6 Å². The van der Waals surface area contributed by atoms with Crippen LogP contribution in [0.15, 0.2) is 4.99 Å². The predicted molar refractivity (Wildman–Crippen MR) is 40.3 cm³/mol. The number of hydroxylamine groups is 1. The average Bonchev–Trinajstić information content (AvgIpc) is 1.87. The molecule has 0 aliphatic carbocycles. The van der Waals surface area contributed by atoms with Crippen molar-refractivity contribution in [3.63, 3.8) is 0 Å². The molecule has 0 aromatic heterocycles. The zero-order valence-electron chi connectivity index (χ0n) is 5.70. The van der Waals surface area contributed by atoms with Gasteiger partial charge in [-0.25, -0.2) is 5.48 Å². The topological polar surface area (TPSA) is 87.7 Å². The molecule has 5 nitrogen and oxygen atoms in total. The van der Waals surface area contributed by atoms with Crippen LogP contribution in [0.3, 0.4) is 0 Å². The summed E-state index contributed by atoms with van der Waals surface area (Å²) in [5, 5.41) is 8.12. The Labute approximate surface area is 61.7 Å². The van der Waals surface area contributed by atoms with Gasteiger partial charge in [0, 0.05) is 22.8 Å². The molecule has 0 aliphatic rings. The van der Waals surface area contributed by atoms with E-state index in [1.54, 1.807) is 11.7 Å². The standard InChI is InChI=1S/C4H11N3O2S/c1-10(9)3-2-6-4(5)7-8/h8H,2-3H2,1H3,(H3,5,6,7). The molecule has 0 saturated carbocycles. The van der Waals surface area contributed by atoms with Gasteiger partial charge in [0.15, 0.2) is 0 Å². The number of hydrogen-bond acceptors (Lipinski definition) is 3. The molecule has 0 amide bonds. The molecule has 4 N–H and O–H groups in total. The quantitative estimate of drug-likeness (QED) is 0.274. The molecule has 1 atom stereocenters. The van der Waals surface area contributed by atoms with Crippen LogP contribution in [0.2, 0.25) is 0 Å². The third-order valence-corrected chi connectivity index (χ3v) is 1.53. The lowest BCUT2D eigenvalue weighted by Gasteiger charge is -1.95. The smallest absolute Gasteiger partial charge is 0.212 e. The summed E-state index contributed by atoms with van der Waals surface area (Å²) in [6.45, 7) is 0.364. The maximum absolute atomic E-state index is 10.4. The van der Waals surface area contributed by atoms with Crippen LogP contribution < -0.4 is 11.2 Å². The monoisotopic (exact) mass is 165 g/mol. The fourth-order valence-electron chi connectivity index (χ4n) is 0.330. The van der Waals surface area contributed by atoms with Gasteiger partial charge in [-0.05, 0) is 0 Å². The van der Waals surface area contributed by atoms with Crippen LogP contribution in [-0.4, -0.2) is 33.9 Å². The van der Waals surface area contributed by atoms with E-state index < -0.39 is 10.8 Å². The van der Waals surface area contributed by atoms with Crippen LogP contribution in [0.25, 0.3) is 0 Å². The number of nitrogens with zero attached hydrogens (tertiary/aromatic N) is 1. The zero-order chi connectivity index (χ0) is 7.98. The third kappa shape index (κ3) is 5.52. The molecular formula is C4H11N3O2S. The molecule has 6 heteroatoms. The maximum atomic E-state index is 10.4. The maximum Gasteiger partial charge on any atom is 0.212 e. The first-order valence-electron chi connectivity index (χ1n) is 2.67. The summed E-state index contributed by atoms with van der Waals surface area (Å²) in [5.74, 6) is 0.410. The molecular weight excluding hydrogens is 154 g/mol. The van der Waals surface area contributed by atoms with E-state index in [1.807, 2.05) is 0 Å². The van der Waals surface area contributed by atoms with Crippen molar-refractivity contribution in [1.82, 2.24) is 5.48 Å². The Balaban J connectivity index is 3.43. The summed E-state index contributed by atoms with van der Waals surface area (Å²) in [6.07, 6.45) is 1.58. The van der Waals surface area contributed by atoms with Crippen LogP contribution in [0.1, 0.15) is 0 Å². The van der Waals surface area contributed by atoms with E-state index in [-0.39, 0.29) is 5.96 Å². The second-order valence-electron chi connectivity index (χ2n) is 1.66. The van der Waals surface area contributed by atoms with E-state index in [9.17, 15) is 4.21 Å². The summed E-state index contributed by atoms with van der Waals surface area (Å²) in [6, 6.07) is 0. The molecule has 0 fully saturated rings. The molecule has 0 aromatic carbocycles. The van der Waals surface area contributed by atoms with E-state index in [1.165, 1.54) is 0 Å². The molecule has 0 saturated heterocycles. The Morgan fingerprint density at radius 3 is 2.90 bits per heavy atom. The summed E-state index contributed by atoms with van der Waals surface area (Å²) in [7, 11) is -0.856. The van der Waals surface area contributed by atoms with Crippen LogP contribution in [-0.2, 0) is 10.8 Å². The van der Waals surface area contributed by atoms with Gasteiger partial charge < -0.3 is 5.73 Å². The van der Waals surface area contributed by atoms with Crippen molar-refractivity contribution in [2.45, 2.75) is 0 Å². The van der Waals surface area contributed by atoms with Crippen molar-refractivity contribution < 1.29 is 9.42 Å².